The lowest BCUT2D eigenvalue weighted by Gasteiger charge is -2.18. The summed E-state index contributed by atoms with van der Waals surface area (Å²) in [5.41, 5.74) is 0.237. The third-order valence-corrected chi connectivity index (χ3v) is 5.33. The summed E-state index contributed by atoms with van der Waals surface area (Å²) in [4.78, 5) is 16.8. The van der Waals surface area contributed by atoms with Crippen LogP contribution >= 0.6 is 19.2 Å². The van der Waals surface area contributed by atoms with E-state index in [-0.39, 0.29) is 24.9 Å². The Labute approximate surface area is 133 Å². The lowest BCUT2D eigenvalue weighted by Crippen LogP contribution is -2.22. The molecule has 2 aromatic rings. The second-order valence-corrected chi connectivity index (χ2v) is 7.15. The number of fused-ring (bicyclic) bond motifs is 1. The van der Waals surface area contributed by atoms with Crippen molar-refractivity contribution in [2.75, 3.05) is 13.2 Å². The number of rotatable bonds is 6. The zero-order valence-corrected chi connectivity index (χ0v) is 14.4. The molecule has 0 amide bonds. The summed E-state index contributed by atoms with van der Waals surface area (Å²) in [5, 5.41) is 0.940. The summed E-state index contributed by atoms with van der Waals surface area (Å²) in [7, 11) is -1.75. The first-order valence-electron chi connectivity index (χ1n) is 6.93. The van der Waals surface area contributed by atoms with Gasteiger partial charge in [-0.3, -0.25) is 13.9 Å². The van der Waals surface area contributed by atoms with Crippen LogP contribution in [0.15, 0.2) is 23.0 Å². The first kappa shape index (κ1) is 17.2. The zero-order chi connectivity index (χ0) is 16.3. The molecule has 1 aromatic carbocycles. The van der Waals surface area contributed by atoms with Gasteiger partial charge < -0.3 is 9.05 Å². The van der Waals surface area contributed by atoms with Crippen molar-refractivity contribution >= 4 is 30.1 Å². The molecule has 0 fully saturated rings. The highest BCUT2D eigenvalue weighted by Gasteiger charge is 2.27. The third kappa shape index (κ3) is 3.58. The average molecular weight is 345 g/mol. The van der Waals surface area contributed by atoms with Gasteiger partial charge in [0.05, 0.1) is 24.1 Å². The van der Waals surface area contributed by atoms with Gasteiger partial charge in [-0.2, -0.15) is 0 Å². The predicted molar refractivity (Wildman–Crippen MR) is 86.6 cm³/mol. The van der Waals surface area contributed by atoms with Gasteiger partial charge in [-0.05, 0) is 32.0 Å². The lowest BCUT2D eigenvalue weighted by atomic mass is 10.2. The van der Waals surface area contributed by atoms with Gasteiger partial charge in [0.1, 0.15) is 12.0 Å². The molecule has 6 nitrogen and oxygen atoms in total. The van der Waals surface area contributed by atoms with Crippen LogP contribution in [0, 0.1) is 0 Å². The van der Waals surface area contributed by atoms with Crippen LogP contribution < -0.4 is 5.56 Å². The van der Waals surface area contributed by atoms with Crippen LogP contribution in [0.2, 0.25) is 5.02 Å². The average Bonchev–Trinajstić information content (AvgIpc) is 2.44. The number of benzene rings is 1. The summed E-state index contributed by atoms with van der Waals surface area (Å²) in [6.07, 6.45) is -0.0666. The molecule has 1 aromatic heterocycles. The maximum Gasteiger partial charge on any atom is 0.338 e. The molecule has 0 atom stereocenters. The van der Waals surface area contributed by atoms with Crippen molar-refractivity contribution in [2.24, 2.45) is 7.05 Å². The van der Waals surface area contributed by atoms with E-state index in [1.54, 1.807) is 39.1 Å². The fourth-order valence-corrected chi connectivity index (χ4v) is 3.97. The van der Waals surface area contributed by atoms with Gasteiger partial charge >= 0.3 is 7.60 Å². The van der Waals surface area contributed by atoms with Gasteiger partial charge in [0.2, 0.25) is 0 Å². The van der Waals surface area contributed by atoms with Crippen molar-refractivity contribution in [1.82, 2.24) is 9.55 Å². The Morgan fingerprint density at radius 1 is 1.27 bits per heavy atom. The number of nitrogens with zero attached hydrogens (tertiary/aromatic N) is 2. The topological polar surface area (TPSA) is 70.4 Å². The Kier molecular flexibility index (Phi) is 5.40. The zero-order valence-electron chi connectivity index (χ0n) is 12.7. The van der Waals surface area contributed by atoms with E-state index in [0.717, 1.165) is 0 Å². The van der Waals surface area contributed by atoms with Crippen LogP contribution in [-0.4, -0.2) is 22.8 Å². The molecule has 0 aliphatic carbocycles. The van der Waals surface area contributed by atoms with Crippen molar-refractivity contribution in [3.63, 3.8) is 0 Å². The maximum atomic E-state index is 12.6. The summed E-state index contributed by atoms with van der Waals surface area (Å²) in [6.45, 7) is 3.98. The molecular weight excluding hydrogens is 327 g/mol. The fourth-order valence-electron chi connectivity index (χ4n) is 2.13. The summed E-state index contributed by atoms with van der Waals surface area (Å²) in [6, 6.07) is 4.87. The van der Waals surface area contributed by atoms with Gasteiger partial charge in [0.15, 0.2) is 0 Å². The molecule has 120 valence electrons. The van der Waals surface area contributed by atoms with Crippen molar-refractivity contribution in [3.8, 4) is 0 Å². The Morgan fingerprint density at radius 3 is 2.50 bits per heavy atom. The second kappa shape index (κ2) is 6.92. The quantitative estimate of drug-likeness (QED) is 0.751. The molecule has 0 radical (unpaired) electrons. The fraction of sp³-hybridized carbons (Fsp3) is 0.429. The Balaban J connectivity index is 2.53. The van der Waals surface area contributed by atoms with Gasteiger partial charge in [0, 0.05) is 12.1 Å². The van der Waals surface area contributed by atoms with Crippen LogP contribution in [0.3, 0.4) is 0 Å². The molecular formula is C14H18ClN2O4P. The molecule has 8 heteroatoms. The van der Waals surface area contributed by atoms with E-state index in [1.165, 1.54) is 4.57 Å². The second-order valence-electron chi connectivity index (χ2n) is 4.66. The van der Waals surface area contributed by atoms with E-state index in [9.17, 15) is 9.36 Å². The Morgan fingerprint density at radius 2 is 1.91 bits per heavy atom. The minimum absolute atomic E-state index is 0.0666. The number of hydrogen-bond donors (Lipinski definition) is 0. The number of aromatic nitrogens is 2. The highest BCUT2D eigenvalue weighted by Crippen LogP contribution is 2.50. The molecule has 0 saturated heterocycles. The van der Waals surface area contributed by atoms with Crippen molar-refractivity contribution < 1.29 is 13.6 Å². The minimum atomic E-state index is -3.33. The molecule has 0 aliphatic heterocycles. The molecule has 0 bridgehead atoms. The van der Waals surface area contributed by atoms with E-state index in [1.807, 2.05) is 0 Å². The first-order valence-corrected chi connectivity index (χ1v) is 9.04. The van der Waals surface area contributed by atoms with Gasteiger partial charge in [-0.1, -0.05) is 11.6 Å². The van der Waals surface area contributed by atoms with Crippen molar-refractivity contribution in [2.45, 2.75) is 20.0 Å². The molecule has 22 heavy (non-hydrogen) atoms. The number of halogens is 1. The summed E-state index contributed by atoms with van der Waals surface area (Å²) >= 11 is 5.94. The van der Waals surface area contributed by atoms with Crippen LogP contribution in [0.5, 0.6) is 0 Å². The summed E-state index contributed by atoms with van der Waals surface area (Å²) < 4.78 is 24.5. The number of hydrogen-bond acceptors (Lipinski definition) is 5. The molecule has 0 spiro atoms. The van der Waals surface area contributed by atoms with E-state index in [0.29, 0.717) is 21.7 Å². The van der Waals surface area contributed by atoms with Crippen molar-refractivity contribution in [1.29, 1.82) is 0 Å². The van der Waals surface area contributed by atoms with E-state index in [4.69, 9.17) is 20.6 Å². The molecule has 0 unspecified atom stereocenters. The summed E-state index contributed by atoms with van der Waals surface area (Å²) in [5.74, 6) is 0.338. The van der Waals surface area contributed by atoms with Gasteiger partial charge in [-0.25, -0.2) is 4.98 Å². The molecule has 0 saturated carbocycles. The first-order chi connectivity index (χ1) is 10.4. The van der Waals surface area contributed by atoms with E-state index in [2.05, 4.69) is 4.98 Å². The molecule has 1 heterocycles. The smallest absolute Gasteiger partial charge is 0.309 e. The minimum Gasteiger partial charge on any atom is -0.309 e. The maximum absolute atomic E-state index is 12.6. The van der Waals surface area contributed by atoms with Crippen LogP contribution in [0.4, 0.5) is 0 Å². The largest absolute Gasteiger partial charge is 0.338 e. The van der Waals surface area contributed by atoms with Crippen LogP contribution in [0.1, 0.15) is 19.7 Å². The predicted octanol–water partition coefficient (Wildman–Crippen LogP) is 3.35. The van der Waals surface area contributed by atoms with Crippen LogP contribution in [-0.2, 0) is 26.8 Å². The monoisotopic (exact) mass is 344 g/mol. The SMILES string of the molecule is CCOP(=O)(Cc1nc2cc(Cl)ccc2c(=O)n1C)OCC. The van der Waals surface area contributed by atoms with Crippen LogP contribution in [0.25, 0.3) is 10.9 Å². The van der Waals surface area contributed by atoms with Gasteiger partial charge in [-0.15, -0.1) is 0 Å². The standard InChI is InChI=1S/C14H18ClN2O4P/c1-4-20-22(19,21-5-2)9-13-16-12-8-10(15)6-7-11(12)14(18)17(13)3/h6-8H,4-5,9H2,1-3H3. The molecule has 0 N–H and O–H groups in total. The molecule has 0 aliphatic rings. The van der Waals surface area contributed by atoms with Crippen molar-refractivity contribution in [3.05, 3.63) is 39.4 Å². The highest BCUT2D eigenvalue weighted by molar-refractivity contribution is 7.53. The lowest BCUT2D eigenvalue weighted by molar-refractivity contribution is 0.218. The Hall–Kier alpha value is -1.20. The third-order valence-electron chi connectivity index (χ3n) is 3.12. The van der Waals surface area contributed by atoms with E-state index < -0.39 is 7.60 Å². The molecule has 2 rings (SSSR count). The van der Waals surface area contributed by atoms with E-state index >= 15 is 0 Å². The normalized spacial score (nSPS) is 12.0. The highest BCUT2D eigenvalue weighted by atomic mass is 35.5. The Bertz CT molecular complexity index is 780. The van der Waals surface area contributed by atoms with Gasteiger partial charge in [0.25, 0.3) is 5.56 Å².